The van der Waals surface area contributed by atoms with Crippen LogP contribution in [0.3, 0.4) is 0 Å². The number of hydrazone groups is 1. The summed E-state index contributed by atoms with van der Waals surface area (Å²) in [6, 6.07) is 7.76. The van der Waals surface area contributed by atoms with Crippen molar-refractivity contribution in [1.29, 1.82) is 0 Å². The number of carbonyl (C=O) groups is 1. The number of phenols is 1. The molecule has 0 spiro atoms. The van der Waals surface area contributed by atoms with Crippen LogP contribution in [-0.4, -0.2) is 27.0 Å². The lowest BCUT2D eigenvalue weighted by Gasteiger charge is -2.00. The molecule has 1 amide bonds. The number of amides is 1. The zero-order valence-corrected chi connectivity index (χ0v) is 15.0. The maximum atomic E-state index is 12.0. The first-order valence-corrected chi connectivity index (χ1v) is 8.27. The van der Waals surface area contributed by atoms with Crippen molar-refractivity contribution >= 4 is 39.7 Å². The molecule has 0 fully saturated rings. The first-order chi connectivity index (χ1) is 12.0. The van der Waals surface area contributed by atoms with E-state index < -0.39 is 5.91 Å². The molecule has 1 aromatic carbocycles. The summed E-state index contributed by atoms with van der Waals surface area (Å²) in [5.74, 6) is 0.199. The number of aromatic hydroxyl groups is 1. The molecule has 3 aromatic rings. The molecule has 128 valence electrons. The van der Waals surface area contributed by atoms with Crippen molar-refractivity contribution < 1.29 is 14.3 Å². The van der Waals surface area contributed by atoms with Gasteiger partial charge in [0.25, 0.3) is 0 Å². The van der Waals surface area contributed by atoms with Gasteiger partial charge in [0, 0.05) is 16.8 Å². The van der Waals surface area contributed by atoms with Crippen molar-refractivity contribution in [2.75, 3.05) is 0 Å². The van der Waals surface area contributed by atoms with Gasteiger partial charge < -0.3 is 9.52 Å². The number of hydrogen-bond acceptors (Lipinski definition) is 5. The predicted octanol–water partition coefficient (Wildman–Crippen LogP) is 3.41. The molecular weight excluding hydrogens is 412 g/mol. The van der Waals surface area contributed by atoms with Crippen LogP contribution in [0, 0.1) is 0 Å². The number of aromatic nitrogens is 2. The second kappa shape index (κ2) is 7.54. The Morgan fingerprint density at radius 2 is 2.28 bits per heavy atom. The summed E-state index contributed by atoms with van der Waals surface area (Å²) in [6.07, 6.45) is 4.75. The molecule has 2 N–H and O–H groups in total. The quantitative estimate of drug-likeness (QED) is 0.486. The molecule has 2 heterocycles. The van der Waals surface area contributed by atoms with Crippen molar-refractivity contribution in [2.45, 2.75) is 6.54 Å². The predicted molar refractivity (Wildman–Crippen MR) is 95.9 cm³/mol. The van der Waals surface area contributed by atoms with Gasteiger partial charge in [0.2, 0.25) is 0 Å². The largest absolute Gasteiger partial charge is 0.507 e. The van der Waals surface area contributed by atoms with E-state index in [0.29, 0.717) is 22.9 Å². The standard InChI is InChI=1S/C16H12BrClN4O3/c17-11-7-20-22(8-11)9-13-2-4-15(25-13)16(24)21-19-6-10-5-12(18)1-3-14(10)23/h1-8,23H,9H2,(H,21,24)/b19-6-. The SMILES string of the molecule is O=C(N/N=C\c1cc(Cl)ccc1O)c1ccc(Cn2cc(Br)cn2)o1. The number of carbonyl (C=O) groups excluding carboxylic acids is 1. The Morgan fingerprint density at radius 1 is 1.44 bits per heavy atom. The monoisotopic (exact) mass is 422 g/mol. The fourth-order valence-electron chi connectivity index (χ4n) is 2.01. The van der Waals surface area contributed by atoms with Gasteiger partial charge >= 0.3 is 5.91 Å². The van der Waals surface area contributed by atoms with E-state index in [0.717, 1.165) is 4.47 Å². The van der Waals surface area contributed by atoms with E-state index in [1.807, 2.05) is 0 Å². The van der Waals surface area contributed by atoms with E-state index in [9.17, 15) is 9.90 Å². The topological polar surface area (TPSA) is 92.7 Å². The van der Waals surface area contributed by atoms with Crippen LogP contribution in [0.4, 0.5) is 0 Å². The van der Waals surface area contributed by atoms with Crippen molar-refractivity contribution in [1.82, 2.24) is 15.2 Å². The highest BCUT2D eigenvalue weighted by molar-refractivity contribution is 9.10. The van der Waals surface area contributed by atoms with Crippen molar-refractivity contribution in [3.05, 3.63) is 69.3 Å². The van der Waals surface area contributed by atoms with Crippen molar-refractivity contribution in [3.8, 4) is 5.75 Å². The highest BCUT2D eigenvalue weighted by atomic mass is 79.9. The third-order valence-corrected chi connectivity index (χ3v) is 3.81. The van der Waals surface area contributed by atoms with Crippen LogP contribution >= 0.6 is 27.5 Å². The third kappa shape index (κ3) is 4.49. The Kier molecular flexibility index (Phi) is 5.20. The van der Waals surface area contributed by atoms with Gasteiger partial charge in [0.1, 0.15) is 11.5 Å². The summed E-state index contributed by atoms with van der Waals surface area (Å²) in [4.78, 5) is 12.0. The second-order valence-corrected chi connectivity index (χ2v) is 6.38. The number of phenolic OH excluding ortho intramolecular Hbond substituents is 1. The Hall–Kier alpha value is -2.58. The fourth-order valence-corrected chi connectivity index (χ4v) is 2.52. The molecule has 0 aliphatic carbocycles. The summed E-state index contributed by atoms with van der Waals surface area (Å²) < 4.78 is 8.00. The smallest absolute Gasteiger partial charge is 0.307 e. The molecule has 7 nitrogen and oxygen atoms in total. The molecule has 0 radical (unpaired) electrons. The Morgan fingerprint density at radius 3 is 3.04 bits per heavy atom. The molecule has 0 unspecified atom stereocenters. The minimum atomic E-state index is -0.509. The van der Waals surface area contributed by atoms with E-state index in [1.54, 1.807) is 35.3 Å². The van der Waals surface area contributed by atoms with E-state index >= 15 is 0 Å². The molecule has 25 heavy (non-hydrogen) atoms. The van der Waals surface area contributed by atoms with Gasteiger partial charge in [0.05, 0.1) is 23.4 Å². The maximum Gasteiger partial charge on any atom is 0.307 e. The van der Waals surface area contributed by atoms with Crippen LogP contribution in [0.25, 0.3) is 0 Å². The van der Waals surface area contributed by atoms with Crippen LogP contribution in [0.2, 0.25) is 5.02 Å². The fraction of sp³-hybridized carbons (Fsp3) is 0.0625. The maximum absolute atomic E-state index is 12.0. The minimum absolute atomic E-state index is 0.00747. The summed E-state index contributed by atoms with van der Waals surface area (Å²) in [6.45, 7) is 0.401. The average Bonchev–Trinajstić information content (AvgIpc) is 3.20. The van der Waals surface area contributed by atoms with Crippen LogP contribution in [0.1, 0.15) is 21.9 Å². The minimum Gasteiger partial charge on any atom is -0.507 e. The highest BCUT2D eigenvalue weighted by Crippen LogP contribution is 2.19. The normalized spacial score (nSPS) is 11.1. The van der Waals surface area contributed by atoms with Crippen molar-refractivity contribution in [2.24, 2.45) is 5.10 Å². The first-order valence-electron chi connectivity index (χ1n) is 7.10. The third-order valence-electron chi connectivity index (χ3n) is 3.16. The van der Waals surface area contributed by atoms with E-state index in [2.05, 4.69) is 31.6 Å². The number of rotatable bonds is 5. The van der Waals surface area contributed by atoms with Gasteiger partial charge in [-0.1, -0.05) is 11.6 Å². The number of halogens is 2. The lowest BCUT2D eigenvalue weighted by atomic mass is 10.2. The Bertz CT molecular complexity index is 935. The molecule has 0 bridgehead atoms. The van der Waals surface area contributed by atoms with Gasteiger partial charge in [-0.2, -0.15) is 10.2 Å². The number of nitrogens with zero attached hydrogens (tertiary/aromatic N) is 3. The zero-order valence-electron chi connectivity index (χ0n) is 12.7. The molecule has 2 aromatic heterocycles. The summed E-state index contributed by atoms with van der Waals surface area (Å²) in [5, 5.41) is 18.0. The van der Waals surface area contributed by atoms with Gasteiger partial charge in [-0.15, -0.1) is 0 Å². The summed E-state index contributed by atoms with van der Waals surface area (Å²) >= 11 is 9.15. The highest BCUT2D eigenvalue weighted by Gasteiger charge is 2.11. The number of benzene rings is 1. The van der Waals surface area contributed by atoms with Crippen LogP contribution in [0.5, 0.6) is 5.75 Å². The van der Waals surface area contributed by atoms with Gasteiger partial charge in [-0.25, -0.2) is 5.43 Å². The van der Waals surface area contributed by atoms with Crippen LogP contribution in [0.15, 0.2) is 56.7 Å². The molecule has 0 aliphatic heterocycles. The lowest BCUT2D eigenvalue weighted by Crippen LogP contribution is -2.16. The van der Waals surface area contributed by atoms with Gasteiger partial charge in [-0.05, 0) is 46.3 Å². The number of hydrogen-bond donors (Lipinski definition) is 2. The van der Waals surface area contributed by atoms with E-state index in [-0.39, 0.29) is 11.5 Å². The molecule has 0 saturated carbocycles. The van der Waals surface area contributed by atoms with E-state index in [4.69, 9.17) is 16.0 Å². The van der Waals surface area contributed by atoms with Crippen molar-refractivity contribution in [3.63, 3.8) is 0 Å². The first kappa shape index (κ1) is 17.2. The zero-order chi connectivity index (χ0) is 17.8. The summed E-state index contributed by atoms with van der Waals surface area (Å²) in [7, 11) is 0. The molecule has 0 aliphatic rings. The molecule has 0 atom stereocenters. The molecule has 3 rings (SSSR count). The molecule has 9 heteroatoms. The average molecular weight is 424 g/mol. The van der Waals surface area contributed by atoms with Crippen LogP contribution < -0.4 is 5.43 Å². The van der Waals surface area contributed by atoms with E-state index in [1.165, 1.54) is 18.3 Å². The molecular formula is C16H12BrClN4O3. The number of furan rings is 1. The number of nitrogens with one attached hydrogen (secondary N) is 1. The van der Waals surface area contributed by atoms with Gasteiger partial charge in [-0.3, -0.25) is 9.48 Å². The second-order valence-electron chi connectivity index (χ2n) is 5.02. The summed E-state index contributed by atoms with van der Waals surface area (Å²) in [5.41, 5.74) is 2.71. The lowest BCUT2D eigenvalue weighted by molar-refractivity contribution is 0.0925. The Balaban J connectivity index is 1.62. The van der Waals surface area contributed by atoms with Gasteiger partial charge in [0.15, 0.2) is 5.76 Å². The Labute approximate surface area is 156 Å². The molecule has 0 saturated heterocycles. The van der Waals surface area contributed by atoms with Crippen LogP contribution in [-0.2, 0) is 6.54 Å².